The van der Waals surface area contributed by atoms with Crippen molar-refractivity contribution < 1.29 is 14.6 Å². The molecule has 0 aliphatic rings. The molecule has 0 unspecified atom stereocenters. The molecule has 3 nitrogen and oxygen atoms in total. The van der Waals surface area contributed by atoms with Gasteiger partial charge < -0.3 is 9.84 Å². The van der Waals surface area contributed by atoms with Gasteiger partial charge in [0.15, 0.2) is 0 Å². The van der Waals surface area contributed by atoms with E-state index in [0.29, 0.717) is 35.2 Å². The van der Waals surface area contributed by atoms with Gasteiger partial charge >= 0.3 is 5.97 Å². The highest BCUT2D eigenvalue weighted by Crippen LogP contribution is 2.31. The van der Waals surface area contributed by atoms with Crippen LogP contribution in [-0.4, -0.2) is 17.7 Å². The lowest BCUT2D eigenvalue weighted by Crippen LogP contribution is -1.97. The van der Waals surface area contributed by atoms with Crippen molar-refractivity contribution in [3.63, 3.8) is 0 Å². The lowest BCUT2D eigenvalue weighted by Gasteiger charge is -2.09. The summed E-state index contributed by atoms with van der Waals surface area (Å²) < 4.78 is 5.30. The van der Waals surface area contributed by atoms with Crippen LogP contribution in [0.3, 0.4) is 0 Å². The van der Waals surface area contributed by atoms with Crippen LogP contribution in [0.2, 0.25) is 10.0 Å². The van der Waals surface area contributed by atoms with Gasteiger partial charge in [0.25, 0.3) is 0 Å². The zero-order chi connectivity index (χ0) is 12.8. The number of benzene rings is 1. The van der Waals surface area contributed by atoms with E-state index >= 15 is 0 Å². The maximum atomic E-state index is 10.4. The fourth-order valence-electron chi connectivity index (χ4n) is 1.46. The second kappa shape index (κ2) is 6.72. The van der Waals surface area contributed by atoms with Crippen molar-refractivity contribution in [3.8, 4) is 5.75 Å². The number of ether oxygens (including phenoxy) is 1. The van der Waals surface area contributed by atoms with Gasteiger partial charge in [-0.15, -0.1) is 0 Å². The van der Waals surface area contributed by atoms with Crippen LogP contribution in [0.5, 0.6) is 5.75 Å². The number of halogens is 2. The van der Waals surface area contributed by atoms with E-state index in [1.807, 2.05) is 6.92 Å². The molecule has 0 aliphatic heterocycles. The van der Waals surface area contributed by atoms with Gasteiger partial charge in [-0.05, 0) is 31.4 Å². The normalized spacial score (nSPS) is 10.3. The molecule has 94 valence electrons. The molecule has 0 bridgehead atoms. The van der Waals surface area contributed by atoms with E-state index in [9.17, 15) is 4.79 Å². The molecular weight excluding hydrogens is 263 g/mol. The average Bonchev–Trinajstić information content (AvgIpc) is 2.24. The van der Waals surface area contributed by atoms with Crippen LogP contribution in [0.1, 0.15) is 25.3 Å². The van der Waals surface area contributed by atoms with Gasteiger partial charge in [-0.1, -0.05) is 23.2 Å². The van der Waals surface area contributed by atoms with Crippen LogP contribution >= 0.6 is 23.2 Å². The Morgan fingerprint density at radius 3 is 2.65 bits per heavy atom. The lowest BCUT2D eigenvalue weighted by molar-refractivity contribution is -0.137. The minimum Gasteiger partial charge on any atom is -0.492 e. The van der Waals surface area contributed by atoms with Crippen molar-refractivity contribution in [3.05, 3.63) is 27.7 Å². The van der Waals surface area contributed by atoms with E-state index < -0.39 is 5.97 Å². The average molecular weight is 277 g/mol. The molecule has 0 fully saturated rings. The Morgan fingerprint density at radius 2 is 2.06 bits per heavy atom. The molecule has 1 rings (SSSR count). The van der Waals surface area contributed by atoms with Crippen LogP contribution in [0.25, 0.3) is 0 Å². The third-order valence-corrected chi connectivity index (χ3v) is 2.88. The molecule has 0 atom stereocenters. The van der Waals surface area contributed by atoms with Gasteiger partial charge in [0.05, 0.1) is 11.6 Å². The molecule has 17 heavy (non-hydrogen) atoms. The van der Waals surface area contributed by atoms with Crippen LogP contribution in [0.4, 0.5) is 0 Å². The standard InChI is InChI=1S/C12H14Cl2O3/c1-2-17-11-7-9(13)8(6-10(11)14)4-3-5-12(15)16/h6-7H,2-5H2,1H3,(H,15,16). The van der Waals surface area contributed by atoms with Crippen LogP contribution in [-0.2, 0) is 11.2 Å². The summed E-state index contributed by atoms with van der Waals surface area (Å²) >= 11 is 12.1. The summed E-state index contributed by atoms with van der Waals surface area (Å²) in [7, 11) is 0. The quantitative estimate of drug-likeness (QED) is 0.860. The highest BCUT2D eigenvalue weighted by molar-refractivity contribution is 6.34. The Bertz CT molecular complexity index is 405. The van der Waals surface area contributed by atoms with Gasteiger partial charge in [-0.2, -0.15) is 0 Å². The predicted octanol–water partition coefficient (Wildman–Crippen LogP) is 3.80. The van der Waals surface area contributed by atoms with E-state index in [2.05, 4.69) is 0 Å². The number of carboxylic acids is 1. The summed E-state index contributed by atoms with van der Waals surface area (Å²) in [5.74, 6) is -0.251. The summed E-state index contributed by atoms with van der Waals surface area (Å²) in [5.41, 5.74) is 0.848. The van der Waals surface area contributed by atoms with E-state index in [1.54, 1.807) is 12.1 Å². The number of aryl methyl sites for hydroxylation is 1. The molecule has 0 saturated carbocycles. The smallest absolute Gasteiger partial charge is 0.303 e. The van der Waals surface area contributed by atoms with Gasteiger partial charge in [0.1, 0.15) is 5.75 Å². The zero-order valence-electron chi connectivity index (χ0n) is 9.50. The Labute approximate surface area is 110 Å². The molecule has 0 radical (unpaired) electrons. The Balaban J connectivity index is 2.73. The highest BCUT2D eigenvalue weighted by Gasteiger charge is 2.08. The monoisotopic (exact) mass is 276 g/mol. The van der Waals surface area contributed by atoms with Crippen molar-refractivity contribution in [2.45, 2.75) is 26.2 Å². The summed E-state index contributed by atoms with van der Waals surface area (Å²) in [6.07, 6.45) is 1.26. The molecule has 0 saturated heterocycles. The number of carboxylic acid groups (broad SMARTS) is 1. The molecule has 5 heteroatoms. The number of hydrogen-bond donors (Lipinski definition) is 1. The number of hydrogen-bond acceptors (Lipinski definition) is 2. The Hall–Kier alpha value is -0.930. The first kappa shape index (κ1) is 14.1. The van der Waals surface area contributed by atoms with Crippen LogP contribution in [0.15, 0.2) is 12.1 Å². The molecule has 0 amide bonds. The third-order valence-electron chi connectivity index (χ3n) is 2.24. The SMILES string of the molecule is CCOc1cc(Cl)c(CCCC(=O)O)cc1Cl. The first-order valence-corrected chi connectivity index (χ1v) is 6.12. The molecule has 1 aromatic rings. The van der Waals surface area contributed by atoms with Gasteiger partial charge in [0.2, 0.25) is 0 Å². The second-order valence-corrected chi connectivity index (χ2v) is 4.37. The van der Waals surface area contributed by atoms with Gasteiger partial charge in [-0.25, -0.2) is 0 Å². The van der Waals surface area contributed by atoms with Crippen LogP contribution in [0, 0.1) is 0 Å². The highest BCUT2D eigenvalue weighted by atomic mass is 35.5. The van der Waals surface area contributed by atoms with E-state index in [0.717, 1.165) is 5.56 Å². The lowest BCUT2D eigenvalue weighted by atomic mass is 10.1. The summed E-state index contributed by atoms with van der Waals surface area (Å²) in [4.78, 5) is 10.4. The van der Waals surface area contributed by atoms with Crippen molar-refractivity contribution >= 4 is 29.2 Å². The molecule has 0 aliphatic carbocycles. The largest absolute Gasteiger partial charge is 0.492 e. The minimum absolute atomic E-state index is 0.126. The van der Waals surface area contributed by atoms with Crippen molar-refractivity contribution in [1.82, 2.24) is 0 Å². The second-order valence-electron chi connectivity index (χ2n) is 3.55. The fourth-order valence-corrected chi connectivity index (χ4v) is 1.95. The topological polar surface area (TPSA) is 46.5 Å². The Morgan fingerprint density at radius 1 is 1.35 bits per heavy atom. The summed E-state index contributed by atoms with van der Waals surface area (Å²) in [6, 6.07) is 3.40. The molecule has 0 spiro atoms. The minimum atomic E-state index is -0.807. The van der Waals surface area contributed by atoms with Crippen LogP contribution < -0.4 is 4.74 Å². The van der Waals surface area contributed by atoms with Gasteiger partial charge in [0, 0.05) is 17.5 Å². The van der Waals surface area contributed by atoms with Crippen molar-refractivity contribution in [2.24, 2.45) is 0 Å². The first-order valence-electron chi connectivity index (χ1n) is 5.37. The molecule has 0 heterocycles. The number of rotatable bonds is 6. The van der Waals surface area contributed by atoms with Crippen molar-refractivity contribution in [1.29, 1.82) is 0 Å². The fraction of sp³-hybridized carbons (Fsp3) is 0.417. The van der Waals surface area contributed by atoms with Gasteiger partial charge in [-0.3, -0.25) is 4.79 Å². The number of aliphatic carboxylic acids is 1. The third kappa shape index (κ3) is 4.44. The van der Waals surface area contributed by atoms with E-state index in [4.69, 9.17) is 33.0 Å². The maximum Gasteiger partial charge on any atom is 0.303 e. The first-order chi connectivity index (χ1) is 8.04. The number of carbonyl (C=O) groups is 1. The Kier molecular flexibility index (Phi) is 5.59. The summed E-state index contributed by atoms with van der Waals surface area (Å²) in [5, 5.41) is 9.61. The predicted molar refractivity (Wildman–Crippen MR) is 68.2 cm³/mol. The molecular formula is C12H14Cl2O3. The van der Waals surface area contributed by atoms with E-state index in [1.165, 1.54) is 0 Å². The van der Waals surface area contributed by atoms with E-state index in [-0.39, 0.29) is 6.42 Å². The summed E-state index contributed by atoms with van der Waals surface area (Å²) in [6.45, 7) is 2.39. The maximum absolute atomic E-state index is 10.4. The zero-order valence-corrected chi connectivity index (χ0v) is 11.0. The molecule has 1 N–H and O–H groups in total. The molecule has 1 aromatic carbocycles. The molecule has 0 aromatic heterocycles. The van der Waals surface area contributed by atoms with Crippen molar-refractivity contribution in [2.75, 3.05) is 6.61 Å².